The van der Waals surface area contributed by atoms with Crippen LogP contribution in [0.3, 0.4) is 0 Å². The fourth-order valence-corrected chi connectivity index (χ4v) is 4.75. The monoisotopic (exact) mass is 317 g/mol. The number of nitriles is 1. The molecule has 1 unspecified atom stereocenters. The predicted molar refractivity (Wildman–Crippen MR) is 89.9 cm³/mol. The highest BCUT2D eigenvalue weighted by molar-refractivity contribution is 7.99. The Morgan fingerprint density at radius 3 is 2.68 bits per heavy atom. The van der Waals surface area contributed by atoms with Gasteiger partial charge in [0.25, 0.3) is 0 Å². The normalized spacial score (nSPS) is 26.0. The van der Waals surface area contributed by atoms with E-state index < -0.39 is 0 Å². The first kappa shape index (κ1) is 15.8. The molecule has 0 radical (unpaired) electrons. The van der Waals surface area contributed by atoms with Gasteiger partial charge < -0.3 is 10.1 Å². The molecule has 2 heterocycles. The lowest BCUT2D eigenvalue weighted by atomic mass is 9.95. The van der Waals surface area contributed by atoms with Gasteiger partial charge in [-0.3, -0.25) is 4.90 Å². The van der Waals surface area contributed by atoms with E-state index in [-0.39, 0.29) is 0 Å². The number of hydrogen-bond donors (Lipinski definition) is 1. The zero-order valence-electron chi connectivity index (χ0n) is 12.9. The Balaban J connectivity index is 1.56. The second kappa shape index (κ2) is 7.47. The first-order chi connectivity index (χ1) is 10.8. The van der Waals surface area contributed by atoms with Crippen LogP contribution in [0.5, 0.6) is 0 Å². The molecule has 0 aromatic heterocycles. The van der Waals surface area contributed by atoms with Crippen LogP contribution in [-0.4, -0.2) is 54.8 Å². The second-order valence-corrected chi connectivity index (χ2v) is 7.14. The van der Waals surface area contributed by atoms with Crippen LogP contribution in [0.15, 0.2) is 24.3 Å². The molecular weight excluding hydrogens is 294 g/mol. The summed E-state index contributed by atoms with van der Waals surface area (Å²) in [5.74, 6) is 2.48. The third kappa shape index (κ3) is 3.64. The highest BCUT2D eigenvalue weighted by Gasteiger charge is 2.40. The zero-order valence-corrected chi connectivity index (χ0v) is 13.7. The molecule has 3 rings (SSSR count). The Morgan fingerprint density at radius 1 is 1.27 bits per heavy atom. The number of nitrogens with zero attached hydrogens (tertiary/aromatic N) is 2. The average Bonchev–Trinajstić information content (AvgIpc) is 3.06. The first-order valence-corrected chi connectivity index (χ1v) is 9.08. The Morgan fingerprint density at radius 2 is 2.05 bits per heavy atom. The van der Waals surface area contributed by atoms with Crippen molar-refractivity contribution in [1.29, 1.82) is 5.26 Å². The summed E-state index contributed by atoms with van der Waals surface area (Å²) in [6, 6.07) is 10.0. The largest absolute Gasteiger partial charge is 0.379 e. The van der Waals surface area contributed by atoms with Crippen molar-refractivity contribution in [1.82, 2.24) is 10.2 Å². The van der Waals surface area contributed by atoms with Gasteiger partial charge in [-0.05, 0) is 29.9 Å². The number of hydrogen-bond acceptors (Lipinski definition) is 5. The summed E-state index contributed by atoms with van der Waals surface area (Å²) in [5, 5.41) is 12.5. The maximum atomic E-state index is 8.84. The zero-order chi connectivity index (χ0) is 15.3. The molecule has 2 saturated heterocycles. The lowest BCUT2D eigenvalue weighted by Gasteiger charge is -2.43. The van der Waals surface area contributed by atoms with Crippen LogP contribution in [0.4, 0.5) is 0 Å². The molecule has 0 aliphatic carbocycles. The SMILES string of the molecule is N#Cc1ccc(CNCC2(N3CCOCC3)CCSC2)cc1. The molecule has 2 aliphatic heterocycles. The molecule has 5 heteroatoms. The molecule has 0 spiro atoms. The van der Waals surface area contributed by atoms with Crippen molar-refractivity contribution in [2.45, 2.75) is 18.5 Å². The molecule has 1 atom stereocenters. The van der Waals surface area contributed by atoms with Crippen molar-refractivity contribution in [3.63, 3.8) is 0 Å². The van der Waals surface area contributed by atoms with E-state index >= 15 is 0 Å². The van der Waals surface area contributed by atoms with E-state index in [1.807, 2.05) is 24.3 Å². The summed E-state index contributed by atoms with van der Waals surface area (Å²) in [7, 11) is 0. The van der Waals surface area contributed by atoms with Gasteiger partial charge in [0.1, 0.15) is 0 Å². The molecule has 1 N–H and O–H groups in total. The summed E-state index contributed by atoms with van der Waals surface area (Å²) in [6.45, 7) is 5.73. The molecule has 0 amide bonds. The van der Waals surface area contributed by atoms with E-state index in [2.05, 4.69) is 28.0 Å². The van der Waals surface area contributed by atoms with Gasteiger partial charge in [-0.15, -0.1) is 0 Å². The van der Waals surface area contributed by atoms with Crippen LogP contribution in [0.2, 0.25) is 0 Å². The van der Waals surface area contributed by atoms with Gasteiger partial charge in [0.15, 0.2) is 0 Å². The molecule has 1 aromatic rings. The number of nitrogens with one attached hydrogen (secondary N) is 1. The lowest BCUT2D eigenvalue weighted by molar-refractivity contribution is -0.0134. The topological polar surface area (TPSA) is 48.3 Å². The standard InChI is InChI=1S/C17H23N3OS/c18-11-15-1-3-16(4-2-15)12-19-13-17(5-10-22-14-17)20-6-8-21-9-7-20/h1-4,19H,5-10,12-14H2. The van der Waals surface area contributed by atoms with Gasteiger partial charge >= 0.3 is 0 Å². The molecule has 2 fully saturated rings. The molecule has 118 valence electrons. The van der Waals surface area contributed by atoms with Crippen molar-refractivity contribution in [3.8, 4) is 6.07 Å². The van der Waals surface area contributed by atoms with Crippen molar-refractivity contribution in [3.05, 3.63) is 35.4 Å². The van der Waals surface area contributed by atoms with Crippen molar-refractivity contribution < 1.29 is 4.74 Å². The average molecular weight is 317 g/mol. The third-order valence-electron chi connectivity index (χ3n) is 4.63. The fraction of sp³-hybridized carbons (Fsp3) is 0.588. The van der Waals surface area contributed by atoms with Crippen LogP contribution < -0.4 is 5.32 Å². The van der Waals surface area contributed by atoms with E-state index in [9.17, 15) is 0 Å². The Labute approximate surface area is 136 Å². The number of benzene rings is 1. The van der Waals surface area contributed by atoms with E-state index in [0.717, 1.165) is 45.0 Å². The quantitative estimate of drug-likeness (QED) is 0.898. The maximum Gasteiger partial charge on any atom is 0.0991 e. The Hall–Kier alpha value is -1.06. The fourth-order valence-electron chi connectivity index (χ4n) is 3.27. The molecule has 1 aromatic carbocycles. The molecular formula is C17H23N3OS. The number of rotatable bonds is 5. The van der Waals surface area contributed by atoms with Gasteiger partial charge in [0.05, 0.1) is 24.8 Å². The molecule has 0 saturated carbocycles. The van der Waals surface area contributed by atoms with Crippen molar-refractivity contribution in [2.24, 2.45) is 0 Å². The number of ether oxygens (including phenoxy) is 1. The lowest BCUT2D eigenvalue weighted by Crippen LogP contribution is -2.58. The number of morpholine rings is 1. The molecule has 22 heavy (non-hydrogen) atoms. The molecule has 2 aliphatic rings. The summed E-state index contributed by atoms with van der Waals surface area (Å²) >= 11 is 2.07. The second-order valence-electron chi connectivity index (χ2n) is 6.04. The summed E-state index contributed by atoms with van der Waals surface area (Å²) in [5.41, 5.74) is 2.25. The summed E-state index contributed by atoms with van der Waals surface area (Å²) < 4.78 is 5.50. The maximum absolute atomic E-state index is 8.84. The van der Waals surface area contributed by atoms with E-state index in [4.69, 9.17) is 10.00 Å². The first-order valence-electron chi connectivity index (χ1n) is 7.93. The van der Waals surface area contributed by atoms with Crippen LogP contribution in [0.25, 0.3) is 0 Å². The van der Waals surface area contributed by atoms with Crippen LogP contribution in [0.1, 0.15) is 17.5 Å². The van der Waals surface area contributed by atoms with Gasteiger partial charge in [-0.1, -0.05) is 12.1 Å². The smallest absolute Gasteiger partial charge is 0.0991 e. The van der Waals surface area contributed by atoms with Gasteiger partial charge in [0, 0.05) is 37.5 Å². The Kier molecular flexibility index (Phi) is 5.37. The minimum atomic E-state index is 0.293. The van der Waals surface area contributed by atoms with E-state index in [1.54, 1.807) is 0 Å². The van der Waals surface area contributed by atoms with Crippen LogP contribution in [0, 0.1) is 11.3 Å². The third-order valence-corrected chi connectivity index (χ3v) is 5.86. The van der Waals surface area contributed by atoms with Crippen LogP contribution in [-0.2, 0) is 11.3 Å². The number of thioether (sulfide) groups is 1. The van der Waals surface area contributed by atoms with Gasteiger partial charge in [-0.2, -0.15) is 17.0 Å². The minimum Gasteiger partial charge on any atom is -0.379 e. The van der Waals surface area contributed by atoms with Gasteiger partial charge in [-0.25, -0.2) is 0 Å². The van der Waals surface area contributed by atoms with Crippen LogP contribution >= 0.6 is 11.8 Å². The van der Waals surface area contributed by atoms with E-state index in [1.165, 1.54) is 23.5 Å². The van der Waals surface area contributed by atoms with Gasteiger partial charge in [0.2, 0.25) is 0 Å². The highest BCUT2D eigenvalue weighted by atomic mass is 32.2. The summed E-state index contributed by atoms with van der Waals surface area (Å²) in [6.07, 6.45) is 1.26. The van der Waals surface area contributed by atoms with Crippen molar-refractivity contribution >= 4 is 11.8 Å². The highest BCUT2D eigenvalue weighted by Crippen LogP contribution is 2.33. The predicted octanol–water partition coefficient (Wildman–Crippen LogP) is 1.86. The van der Waals surface area contributed by atoms with E-state index in [0.29, 0.717) is 5.54 Å². The molecule has 0 bridgehead atoms. The minimum absolute atomic E-state index is 0.293. The summed E-state index contributed by atoms with van der Waals surface area (Å²) in [4.78, 5) is 2.63. The Bertz CT molecular complexity index is 514. The van der Waals surface area contributed by atoms with Crippen molar-refractivity contribution in [2.75, 3.05) is 44.4 Å². The molecule has 4 nitrogen and oxygen atoms in total.